The predicted molar refractivity (Wildman–Crippen MR) is 86.9 cm³/mol. The van der Waals surface area contributed by atoms with Gasteiger partial charge in [-0.25, -0.2) is 0 Å². The van der Waals surface area contributed by atoms with Crippen molar-refractivity contribution in [3.05, 3.63) is 28.8 Å². The molecule has 116 valence electrons. The van der Waals surface area contributed by atoms with Crippen molar-refractivity contribution in [2.45, 2.75) is 45.4 Å². The number of carbonyl (C=O) groups excluding carboxylic acids is 1. The summed E-state index contributed by atoms with van der Waals surface area (Å²) >= 11 is -1.12. The normalized spacial score (nSPS) is 18.0. The van der Waals surface area contributed by atoms with Crippen molar-refractivity contribution in [2.75, 3.05) is 18.6 Å². The standard InChI is InChI=1S/C17H24O3S/c1-16(2,3)12-7-11(14(18)9-21(6)19)8-13-15(12)20-10-17(13,4)5/h7-8H,9-10H2,1-6H3. The number of rotatable bonds is 3. The van der Waals surface area contributed by atoms with Gasteiger partial charge in [-0.3, -0.25) is 4.79 Å². The first kappa shape index (κ1) is 16.4. The van der Waals surface area contributed by atoms with Crippen LogP contribution in [0.25, 0.3) is 0 Å². The molecule has 0 aromatic heterocycles. The van der Waals surface area contributed by atoms with Gasteiger partial charge in [0.05, 0.1) is 12.9 Å². The van der Waals surface area contributed by atoms with Crippen LogP contribution in [0.3, 0.4) is 0 Å². The van der Waals surface area contributed by atoms with Gasteiger partial charge in [0.25, 0.3) is 0 Å². The smallest absolute Gasteiger partial charge is 0.211 e. The third-order valence-corrected chi connectivity index (χ3v) is 4.53. The molecule has 3 nitrogen and oxygen atoms in total. The third kappa shape index (κ3) is 3.27. The van der Waals surface area contributed by atoms with E-state index in [9.17, 15) is 9.35 Å². The summed E-state index contributed by atoms with van der Waals surface area (Å²) in [6.07, 6.45) is 1.56. The van der Waals surface area contributed by atoms with Crippen molar-refractivity contribution in [3.63, 3.8) is 0 Å². The maximum absolute atomic E-state index is 12.3. The Balaban J connectivity index is 2.58. The van der Waals surface area contributed by atoms with Gasteiger partial charge in [0.15, 0.2) is 5.75 Å². The Morgan fingerprint density at radius 2 is 2.00 bits per heavy atom. The van der Waals surface area contributed by atoms with Crippen molar-refractivity contribution in [2.24, 2.45) is 0 Å². The van der Waals surface area contributed by atoms with Gasteiger partial charge in [-0.15, -0.1) is 0 Å². The van der Waals surface area contributed by atoms with Crippen molar-refractivity contribution in [1.29, 1.82) is 0 Å². The molecule has 21 heavy (non-hydrogen) atoms. The van der Waals surface area contributed by atoms with E-state index in [-0.39, 0.29) is 22.4 Å². The molecule has 0 fully saturated rings. The Hall–Kier alpha value is -1.00. The fourth-order valence-electron chi connectivity index (χ4n) is 2.60. The molecule has 0 radical (unpaired) electrons. The number of ketones is 1. The molecule has 2 rings (SSSR count). The maximum Gasteiger partial charge on any atom is 0.211 e. The first-order chi connectivity index (χ1) is 9.52. The summed E-state index contributed by atoms with van der Waals surface area (Å²) in [5, 5.41) is 0. The molecular formula is C17H24O3S. The highest BCUT2D eigenvalue weighted by atomic mass is 32.2. The molecule has 1 atom stereocenters. The average molecular weight is 308 g/mol. The number of hydrogen-bond donors (Lipinski definition) is 0. The lowest BCUT2D eigenvalue weighted by molar-refractivity contribution is 0.102. The lowest BCUT2D eigenvalue weighted by Gasteiger charge is -2.24. The highest BCUT2D eigenvalue weighted by Gasteiger charge is 2.37. The van der Waals surface area contributed by atoms with Crippen molar-refractivity contribution >= 4 is 17.0 Å². The zero-order chi connectivity index (χ0) is 16.0. The number of hydrogen-bond acceptors (Lipinski definition) is 3. The van der Waals surface area contributed by atoms with E-state index in [2.05, 4.69) is 34.6 Å². The van der Waals surface area contributed by atoms with Gasteiger partial charge in [-0.05, 0) is 28.7 Å². The van der Waals surface area contributed by atoms with Crippen molar-refractivity contribution < 1.29 is 14.1 Å². The summed E-state index contributed by atoms with van der Waals surface area (Å²) in [5.41, 5.74) is 2.58. The Morgan fingerprint density at radius 1 is 1.38 bits per heavy atom. The fraction of sp³-hybridized carbons (Fsp3) is 0.588. The molecule has 1 aliphatic rings. The SMILES string of the molecule is C[S+]([O-])CC(=O)c1cc(C(C)(C)C)c2c(c1)C(C)(C)CO2. The van der Waals surface area contributed by atoms with Crippen molar-refractivity contribution in [1.82, 2.24) is 0 Å². The van der Waals surface area contributed by atoms with E-state index in [1.54, 1.807) is 6.26 Å². The molecule has 0 bridgehead atoms. The van der Waals surface area contributed by atoms with Crippen LogP contribution < -0.4 is 4.74 Å². The zero-order valence-electron chi connectivity index (χ0n) is 13.7. The number of benzene rings is 1. The van der Waals surface area contributed by atoms with Crippen LogP contribution in [0, 0.1) is 0 Å². The van der Waals surface area contributed by atoms with Gasteiger partial charge in [0, 0.05) is 22.1 Å². The van der Waals surface area contributed by atoms with Crippen LogP contribution in [0.2, 0.25) is 0 Å². The lowest BCUT2D eigenvalue weighted by atomic mass is 9.79. The van der Waals surface area contributed by atoms with Gasteiger partial charge < -0.3 is 9.29 Å². The average Bonchev–Trinajstić information content (AvgIpc) is 2.62. The van der Waals surface area contributed by atoms with Crippen molar-refractivity contribution in [3.8, 4) is 5.75 Å². The van der Waals surface area contributed by atoms with E-state index in [1.807, 2.05) is 12.1 Å². The second-order valence-electron chi connectivity index (χ2n) is 7.46. The Kier molecular flexibility index (Phi) is 4.15. The Labute approximate surface area is 130 Å². The number of Topliss-reactive ketones (excluding diaryl/α,β-unsaturated/α-hetero) is 1. The quantitative estimate of drug-likeness (QED) is 0.636. The third-order valence-electron chi connectivity index (χ3n) is 3.86. The monoisotopic (exact) mass is 308 g/mol. The first-order valence-corrected chi connectivity index (χ1v) is 8.90. The van der Waals surface area contributed by atoms with Crippen LogP contribution in [0.1, 0.15) is 56.1 Å². The van der Waals surface area contributed by atoms with E-state index in [4.69, 9.17) is 4.74 Å². The molecule has 1 heterocycles. The van der Waals surface area contributed by atoms with Crippen LogP contribution in [0.4, 0.5) is 0 Å². The Morgan fingerprint density at radius 3 is 2.52 bits per heavy atom. The lowest BCUT2D eigenvalue weighted by Crippen LogP contribution is -2.20. The van der Waals surface area contributed by atoms with Gasteiger partial charge in [-0.2, -0.15) is 0 Å². The number of ether oxygens (including phenoxy) is 1. The second kappa shape index (κ2) is 5.33. The molecule has 1 aliphatic heterocycles. The van der Waals surface area contributed by atoms with E-state index in [1.165, 1.54) is 0 Å². The van der Waals surface area contributed by atoms with Crippen LogP contribution in [0.15, 0.2) is 12.1 Å². The molecule has 1 aromatic carbocycles. The Bertz CT molecular complexity index is 568. The summed E-state index contributed by atoms with van der Waals surface area (Å²) in [5.74, 6) is 0.928. The van der Waals surface area contributed by atoms with Crippen LogP contribution in [-0.4, -0.2) is 29.0 Å². The van der Waals surface area contributed by atoms with Gasteiger partial charge >= 0.3 is 0 Å². The summed E-state index contributed by atoms with van der Waals surface area (Å²) in [6, 6.07) is 3.84. The van der Waals surface area contributed by atoms with Gasteiger partial charge in [0.2, 0.25) is 5.78 Å². The minimum Gasteiger partial charge on any atom is -0.616 e. The summed E-state index contributed by atoms with van der Waals surface area (Å²) in [4.78, 5) is 12.3. The van der Waals surface area contributed by atoms with Gasteiger partial charge in [-0.1, -0.05) is 34.6 Å². The predicted octanol–water partition coefficient (Wildman–Crippen LogP) is 3.22. The minimum absolute atomic E-state index is 0.0631. The fourth-order valence-corrected chi connectivity index (χ4v) is 3.14. The molecule has 0 spiro atoms. The molecule has 0 saturated heterocycles. The number of carbonyl (C=O) groups is 1. The van der Waals surface area contributed by atoms with E-state index < -0.39 is 11.2 Å². The molecular weight excluding hydrogens is 284 g/mol. The molecule has 1 aromatic rings. The summed E-state index contributed by atoms with van der Waals surface area (Å²) in [6.45, 7) is 11.2. The zero-order valence-corrected chi connectivity index (χ0v) is 14.5. The molecule has 0 aliphatic carbocycles. The molecule has 0 saturated carbocycles. The minimum atomic E-state index is -1.12. The second-order valence-corrected chi connectivity index (χ2v) is 8.90. The highest BCUT2D eigenvalue weighted by Crippen LogP contribution is 2.45. The topological polar surface area (TPSA) is 49.4 Å². The van der Waals surface area contributed by atoms with Crippen LogP contribution >= 0.6 is 0 Å². The molecule has 4 heteroatoms. The van der Waals surface area contributed by atoms with Gasteiger partial charge in [0.1, 0.15) is 5.75 Å². The number of fused-ring (bicyclic) bond motifs is 1. The molecule has 0 N–H and O–H groups in total. The highest BCUT2D eigenvalue weighted by molar-refractivity contribution is 7.91. The molecule has 0 amide bonds. The molecule has 1 unspecified atom stereocenters. The summed E-state index contributed by atoms with van der Waals surface area (Å²) < 4.78 is 17.3. The summed E-state index contributed by atoms with van der Waals surface area (Å²) in [7, 11) is 0. The maximum atomic E-state index is 12.3. The van der Waals surface area contributed by atoms with Crippen LogP contribution in [-0.2, 0) is 22.0 Å². The largest absolute Gasteiger partial charge is 0.616 e. The van der Waals surface area contributed by atoms with E-state index >= 15 is 0 Å². The van der Waals surface area contributed by atoms with Crippen LogP contribution in [0.5, 0.6) is 5.75 Å². The van der Waals surface area contributed by atoms with E-state index in [0.29, 0.717) is 12.2 Å². The first-order valence-electron chi connectivity index (χ1n) is 7.17. The van der Waals surface area contributed by atoms with E-state index in [0.717, 1.165) is 16.9 Å².